The molecule has 3 heteroatoms. The van der Waals surface area contributed by atoms with Gasteiger partial charge in [0.15, 0.2) is 0 Å². The van der Waals surface area contributed by atoms with Gasteiger partial charge in [-0.2, -0.15) is 0 Å². The van der Waals surface area contributed by atoms with Crippen molar-refractivity contribution >= 4 is 0 Å². The van der Waals surface area contributed by atoms with Crippen LogP contribution in [-0.4, -0.2) is 9.55 Å². The summed E-state index contributed by atoms with van der Waals surface area (Å²) in [6.45, 7) is 5.28. The third-order valence-electron chi connectivity index (χ3n) is 2.46. The summed E-state index contributed by atoms with van der Waals surface area (Å²) in [5, 5.41) is 0. The molecule has 1 aromatic heterocycles. The average molecular weight is 208 g/mol. The molecule has 0 aliphatic carbocycles. The Morgan fingerprint density at radius 3 is 2.80 bits per heavy atom. The molecule has 0 radical (unpaired) electrons. The zero-order valence-corrected chi connectivity index (χ0v) is 9.65. The number of hydrogen-bond acceptors (Lipinski definition) is 2. The first-order valence-electron chi connectivity index (χ1n) is 5.71. The predicted molar refractivity (Wildman–Crippen MR) is 61.8 cm³/mol. The second-order valence-electron chi connectivity index (χ2n) is 4.34. The molecule has 0 saturated heterocycles. The van der Waals surface area contributed by atoms with Crippen LogP contribution in [0.25, 0.3) is 0 Å². The summed E-state index contributed by atoms with van der Waals surface area (Å²) in [6.07, 6.45) is 8.14. The van der Waals surface area contributed by atoms with Crippen LogP contribution in [0.4, 0.5) is 0 Å². The molecule has 0 bridgehead atoms. The summed E-state index contributed by atoms with van der Waals surface area (Å²) in [7, 11) is 0. The number of aromatic nitrogens is 2. The van der Waals surface area contributed by atoms with Gasteiger partial charge in [0.2, 0.25) is 0 Å². The number of nitrogens with zero attached hydrogens (tertiary/aromatic N) is 2. The topological polar surface area (TPSA) is 34.9 Å². The van der Waals surface area contributed by atoms with Gasteiger partial charge in [-0.3, -0.25) is 4.57 Å². The maximum atomic E-state index is 11.2. The third-order valence-corrected chi connectivity index (χ3v) is 2.46. The minimum atomic E-state index is -0.138. The summed E-state index contributed by atoms with van der Waals surface area (Å²) < 4.78 is 1.68. The Morgan fingerprint density at radius 2 is 2.13 bits per heavy atom. The van der Waals surface area contributed by atoms with Gasteiger partial charge in [0, 0.05) is 18.9 Å². The van der Waals surface area contributed by atoms with Gasteiger partial charge in [0.1, 0.15) is 0 Å². The van der Waals surface area contributed by atoms with E-state index in [-0.39, 0.29) is 5.69 Å². The molecule has 0 N–H and O–H groups in total. The second kappa shape index (κ2) is 6.38. The molecular weight excluding hydrogens is 188 g/mol. The van der Waals surface area contributed by atoms with Gasteiger partial charge in [-0.1, -0.05) is 33.1 Å². The first-order valence-corrected chi connectivity index (χ1v) is 5.71. The van der Waals surface area contributed by atoms with Crippen molar-refractivity contribution in [1.29, 1.82) is 0 Å². The van der Waals surface area contributed by atoms with Crippen LogP contribution in [0.15, 0.2) is 23.3 Å². The molecule has 3 nitrogen and oxygen atoms in total. The average Bonchev–Trinajstić information content (AvgIpc) is 2.20. The highest BCUT2D eigenvalue weighted by Gasteiger charge is 1.96. The number of hydrogen-bond donors (Lipinski definition) is 0. The van der Waals surface area contributed by atoms with Crippen LogP contribution in [0.2, 0.25) is 0 Å². The summed E-state index contributed by atoms with van der Waals surface area (Å²) in [6, 6.07) is 1.80. The molecule has 0 aromatic carbocycles. The van der Waals surface area contributed by atoms with Gasteiger partial charge in [0.25, 0.3) is 0 Å². The monoisotopic (exact) mass is 208 g/mol. The first kappa shape index (κ1) is 12.0. The van der Waals surface area contributed by atoms with E-state index in [1.54, 1.807) is 16.8 Å². The second-order valence-corrected chi connectivity index (χ2v) is 4.34. The van der Waals surface area contributed by atoms with Crippen molar-refractivity contribution in [2.45, 2.75) is 46.1 Å². The van der Waals surface area contributed by atoms with Crippen molar-refractivity contribution in [3.63, 3.8) is 0 Å². The molecule has 0 aliphatic heterocycles. The van der Waals surface area contributed by atoms with Gasteiger partial charge in [0.05, 0.1) is 0 Å². The van der Waals surface area contributed by atoms with Gasteiger partial charge in [-0.15, -0.1) is 0 Å². The lowest BCUT2D eigenvalue weighted by Gasteiger charge is -2.05. The van der Waals surface area contributed by atoms with E-state index < -0.39 is 0 Å². The lowest BCUT2D eigenvalue weighted by molar-refractivity contribution is 0.501. The number of aryl methyl sites for hydroxylation is 1. The summed E-state index contributed by atoms with van der Waals surface area (Å²) in [5.74, 6) is 0.783. The minimum Gasteiger partial charge on any atom is -0.299 e. The molecule has 84 valence electrons. The molecular formula is C12H20N2O. The molecule has 0 spiro atoms. The Bertz CT molecular complexity index is 330. The fourth-order valence-electron chi connectivity index (χ4n) is 1.57. The van der Waals surface area contributed by atoms with E-state index in [0.29, 0.717) is 0 Å². The zero-order chi connectivity index (χ0) is 11.1. The molecule has 0 unspecified atom stereocenters. The SMILES string of the molecule is CC(C)CCCCCn1cccnc1=O. The van der Waals surface area contributed by atoms with Crippen LogP contribution in [-0.2, 0) is 6.54 Å². The Balaban J connectivity index is 2.21. The maximum Gasteiger partial charge on any atom is 0.347 e. The van der Waals surface area contributed by atoms with Gasteiger partial charge in [-0.25, -0.2) is 9.78 Å². The Kier molecular flexibility index (Phi) is 5.08. The Labute approximate surface area is 91.2 Å². The van der Waals surface area contributed by atoms with Crippen molar-refractivity contribution in [1.82, 2.24) is 9.55 Å². The summed E-state index contributed by atoms with van der Waals surface area (Å²) in [4.78, 5) is 15.0. The van der Waals surface area contributed by atoms with Crippen molar-refractivity contribution in [3.05, 3.63) is 28.9 Å². The van der Waals surface area contributed by atoms with Crippen LogP contribution in [0, 0.1) is 5.92 Å². The molecule has 1 heterocycles. The van der Waals surface area contributed by atoms with E-state index in [4.69, 9.17) is 0 Å². The van der Waals surface area contributed by atoms with Crippen molar-refractivity contribution < 1.29 is 0 Å². The fraction of sp³-hybridized carbons (Fsp3) is 0.667. The maximum absolute atomic E-state index is 11.2. The highest BCUT2D eigenvalue weighted by molar-refractivity contribution is 4.80. The molecule has 15 heavy (non-hydrogen) atoms. The summed E-state index contributed by atoms with van der Waals surface area (Å²) in [5.41, 5.74) is -0.138. The molecule has 1 rings (SSSR count). The van der Waals surface area contributed by atoms with E-state index in [1.165, 1.54) is 25.5 Å². The highest BCUT2D eigenvalue weighted by atomic mass is 16.1. The van der Waals surface area contributed by atoms with Crippen LogP contribution in [0.5, 0.6) is 0 Å². The van der Waals surface area contributed by atoms with E-state index in [0.717, 1.165) is 18.9 Å². The highest BCUT2D eigenvalue weighted by Crippen LogP contribution is 2.08. The fourth-order valence-corrected chi connectivity index (χ4v) is 1.57. The van der Waals surface area contributed by atoms with Gasteiger partial charge in [-0.05, 0) is 18.4 Å². The smallest absolute Gasteiger partial charge is 0.299 e. The molecule has 1 aromatic rings. The van der Waals surface area contributed by atoms with Crippen LogP contribution < -0.4 is 5.69 Å². The summed E-state index contributed by atoms with van der Waals surface area (Å²) >= 11 is 0. The molecule has 0 amide bonds. The third kappa shape index (κ3) is 4.77. The van der Waals surface area contributed by atoms with Crippen LogP contribution >= 0.6 is 0 Å². The molecule has 0 atom stereocenters. The largest absolute Gasteiger partial charge is 0.347 e. The van der Waals surface area contributed by atoms with E-state index in [2.05, 4.69) is 18.8 Å². The number of rotatable bonds is 6. The predicted octanol–water partition coefficient (Wildman–Crippen LogP) is 2.46. The van der Waals surface area contributed by atoms with Crippen LogP contribution in [0.3, 0.4) is 0 Å². The number of unbranched alkanes of at least 4 members (excludes halogenated alkanes) is 2. The zero-order valence-electron chi connectivity index (χ0n) is 9.65. The van der Waals surface area contributed by atoms with E-state index in [1.807, 2.05) is 0 Å². The van der Waals surface area contributed by atoms with Crippen molar-refractivity contribution in [3.8, 4) is 0 Å². The van der Waals surface area contributed by atoms with E-state index in [9.17, 15) is 4.79 Å². The standard InChI is InChI=1S/C12H20N2O/c1-11(2)7-4-3-5-9-14-10-6-8-13-12(14)15/h6,8,10-11H,3-5,7,9H2,1-2H3. The Morgan fingerprint density at radius 1 is 1.33 bits per heavy atom. The van der Waals surface area contributed by atoms with E-state index >= 15 is 0 Å². The first-order chi connectivity index (χ1) is 7.20. The minimum absolute atomic E-state index is 0.138. The van der Waals surface area contributed by atoms with Crippen molar-refractivity contribution in [2.75, 3.05) is 0 Å². The normalized spacial score (nSPS) is 10.9. The molecule has 0 aliphatic rings. The Hall–Kier alpha value is -1.12. The van der Waals surface area contributed by atoms with Crippen LogP contribution in [0.1, 0.15) is 39.5 Å². The molecule has 0 fully saturated rings. The molecule has 0 saturated carbocycles. The quantitative estimate of drug-likeness (QED) is 0.673. The lowest BCUT2D eigenvalue weighted by atomic mass is 10.1. The lowest BCUT2D eigenvalue weighted by Crippen LogP contribution is -2.21. The van der Waals surface area contributed by atoms with Gasteiger partial charge >= 0.3 is 5.69 Å². The van der Waals surface area contributed by atoms with Gasteiger partial charge < -0.3 is 0 Å². The van der Waals surface area contributed by atoms with Crippen molar-refractivity contribution in [2.24, 2.45) is 5.92 Å².